The molecule has 0 bridgehead atoms. The smallest absolute Gasteiger partial charge is 0.173 e. The largest absolute Gasteiger partial charge is 0.342 e. The molecule has 26 heavy (non-hydrogen) atoms. The maximum absolute atomic E-state index is 6.42. The summed E-state index contributed by atoms with van der Waals surface area (Å²) in [4.78, 5) is 4.69. The first-order valence-electron chi connectivity index (χ1n) is 9.10. The van der Waals surface area contributed by atoms with Gasteiger partial charge in [0.2, 0.25) is 0 Å². The Balaban J connectivity index is 1.81. The van der Waals surface area contributed by atoms with Gasteiger partial charge in [-0.3, -0.25) is 0 Å². The SMILES string of the molecule is Cc1ccccc1NC(=S)N(Cc1ccccc1Cl)C1CCN(C)CC1. The van der Waals surface area contributed by atoms with Crippen LogP contribution in [-0.2, 0) is 6.54 Å². The number of thiocarbonyl (C=S) groups is 1. The number of aryl methyl sites for hydroxylation is 1. The molecule has 1 fully saturated rings. The van der Waals surface area contributed by atoms with E-state index in [0.29, 0.717) is 6.04 Å². The molecule has 138 valence electrons. The van der Waals surface area contributed by atoms with Gasteiger partial charge < -0.3 is 15.1 Å². The van der Waals surface area contributed by atoms with Gasteiger partial charge in [-0.05, 0) is 75.4 Å². The molecule has 1 aliphatic heterocycles. The second-order valence-corrected chi connectivity index (χ2v) is 7.79. The molecule has 1 heterocycles. The molecule has 0 saturated carbocycles. The number of benzene rings is 2. The Kier molecular flexibility index (Phi) is 6.52. The van der Waals surface area contributed by atoms with Crippen LogP contribution < -0.4 is 5.32 Å². The van der Waals surface area contributed by atoms with Crippen LogP contribution in [0.4, 0.5) is 5.69 Å². The number of halogens is 1. The van der Waals surface area contributed by atoms with Gasteiger partial charge in [-0.2, -0.15) is 0 Å². The van der Waals surface area contributed by atoms with Crippen molar-refractivity contribution in [2.45, 2.75) is 32.4 Å². The van der Waals surface area contributed by atoms with Gasteiger partial charge in [-0.25, -0.2) is 0 Å². The first-order chi connectivity index (χ1) is 12.5. The maximum Gasteiger partial charge on any atom is 0.173 e. The van der Waals surface area contributed by atoms with E-state index in [1.54, 1.807) is 0 Å². The van der Waals surface area contributed by atoms with Crippen LogP contribution in [0.5, 0.6) is 0 Å². The van der Waals surface area contributed by atoms with Gasteiger partial charge in [0.25, 0.3) is 0 Å². The molecule has 0 atom stereocenters. The number of likely N-dealkylation sites (tertiary alicyclic amines) is 1. The molecule has 0 aromatic heterocycles. The molecule has 1 saturated heterocycles. The van der Waals surface area contributed by atoms with Crippen molar-refractivity contribution in [3.8, 4) is 0 Å². The summed E-state index contributed by atoms with van der Waals surface area (Å²) in [6.07, 6.45) is 2.22. The molecule has 0 radical (unpaired) electrons. The molecule has 1 aliphatic rings. The summed E-state index contributed by atoms with van der Waals surface area (Å²) in [6, 6.07) is 16.7. The van der Waals surface area contributed by atoms with E-state index < -0.39 is 0 Å². The summed E-state index contributed by atoms with van der Waals surface area (Å²) >= 11 is 12.2. The molecule has 3 rings (SSSR count). The highest BCUT2D eigenvalue weighted by molar-refractivity contribution is 7.80. The first-order valence-corrected chi connectivity index (χ1v) is 9.88. The van der Waals surface area contributed by atoms with E-state index in [4.69, 9.17) is 23.8 Å². The summed E-state index contributed by atoms with van der Waals surface area (Å²) in [5.41, 5.74) is 3.37. The molecular formula is C21H26ClN3S. The van der Waals surface area contributed by atoms with Crippen LogP contribution in [0.3, 0.4) is 0 Å². The van der Waals surface area contributed by atoms with Crippen molar-refractivity contribution < 1.29 is 0 Å². The number of anilines is 1. The standard InChI is InChI=1S/C21H26ClN3S/c1-16-7-3-6-10-20(16)23-21(26)25(18-11-13-24(2)14-12-18)15-17-8-4-5-9-19(17)22/h3-10,18H,11-15H2,1-2H3,(H,23,26). The summed E-state index contributed by atoms with van der Waals surface area (Å²) in [7, 11) is 2.18. The minimum atomic E-state index is 0.423. The predicted molar refractivity (Wildman–Crippen MR) is 115 cm³/mol. The minimum Gasteiger partial charge on any atom is -0.342 e. The molecule has 5 heteroatoms. The Hall–Kier alpha value is -1.62. The zero-order chi connectivity index (χ0) is 18.5. The van der Waals surface area contributed by atoms with Crippen molar-refractivity contribution in [3.05, 3.63) is 64.7 Å². The molecule has 2 aromatic carbocycles. The van der Waals surface area contributed by atoms with E-state index in [1.165, 1.54) is 5.56 Å². The molecule has 0 amide bonds. The lowest BCUT2D eigenvalue weighted by atomic mass is 10.0. The Bertz CT molecular complexity index is 756. The number of para-hydroxylation sites is 1. The predicted octanol–water partition coefficient (Wildman–Crippen LogP) is 4.94. The van der Waals surface area contributed by atoms with Gasteiger partial charge in [0.15, 0.2) is 5.11 Å². The highest BCUT2D eigenvalue weighted by Gasteiger charge is 2.26. The summed E-state index contributed by atoms with van der Waals surface area (Å²) in [5, 5.41) is 5.03. The average molecular weight is 388 g/mol. The monoisotopic (exact) mass is 387 g/mol. The number of hydrogen-bond donors (Lipinski definition) is 1. The zero-order valence-corrected chi connectivity index (χ0v) is 17.0. The van der Waals surface area contributed by atoms with Gasteiger partial charge >= 0.3 is 0 Å². The first kappa shape index (κ1) is 19.2. The second kappa shape index (κ2) is 8.85. The molecule has 2 aromatic rings. The number of hydrogen-bond acceptors (Lipinski definition) is 2. The summed E-state index contributed by atoms with van der Waals surface area (Å²) in [5.74, 6) is 0. The lowest BCUT2D eigenvalue weighted by Gasteiger charge is -2.39. The van der Waals surface area contributed by atoms with Crippen molar-refractivity contribution in [2.24, 2.45) is 0 Å². The second-order valence-electron chi connectivity index (χ2n) is 7.00. The van der Waals surface area contributed by atoms with Gasteiger partial charge in [0.1, 0.15) is 0 Å². The Morgan fingerprint density at radius 1 is 1.15 bits per heavy atom. The molecule has 1 N–H and O–H groups in total. The van der Waals surface area contributed by atoms with Crippen LogP contribution in [0.25, 0.3) is 0 Å². The maximum atomic E-state index is 6.42. The number of nitrogens with zero attached hydrogens (tertiary/aromatic N) is 2. The number of piperidine rings is 1. The highest BCUT2D eigenvalue weighted by Crippen LogP contribution is 2.24. The lowest BCUT2D eigenvalue weighted by molar-refractivity contribution is 0.173. The highest BCUT2D eigenvalue weighted by atomic mass is 35.5. The summed E-state index contributed by atoms with van der Waals surface area (Å²) in [6.45, 7) is 5.01. The van der Waals surface area contributed by atoms with Crippen LogP contribution in [-0.4, -0.2) is 41.1 Å². The third-order valence-electron chi connectivity index (χ3n) is 5.07. The fourth-order valence-corrected chi connectivity index (χ4v) is 3.90. The molecule has 0 aliphatic carbocycles. The average Bonchev–Trinajstić information content (AvgIpc) is 2.64. The van der Waals surface area contributed by atoms with E-state index in [9.17, 15) is 0 Å². The molecular weight excluding hydrogens is 362 g/mol. The van der Waals surface area contributed by atoms with E-state index in [-0.39, 0.29) is 0 Å². The van der Waals surface area contributed by atoms with Crippen molar-refractivity contribution in [1.82, 2.24) is 9.80 Å². The van der Waals surface area contributed by atoms with E-state index in [2.05, 4.69) is 47.3 Å². The van der Waals surface area contributed by atoms with Gasteiger partial charge in [0.05, 0.1) is 0 Å². The van der Waals surface area contributed by atoms with Crippen LogP contribution in [0, 0.1) is 6.92 Å². The Labute approximate surface area is 166 Å². The van der Waals surface area contributed by atoms with E-state index in [1.807, 2.05) is 30.3 Å². The van der Waals surface area contributed by atoms with Gasteiger partial charge in [-0.1, -0.05) is 48.0 Å². The van der Waals surface area contributed by atoms with Crippen molar-refractivity contribution in [2.75, 3.05) is 25.5 Å². The Morgan fingerprint density at radius 3 is 2.50 bits per heavy atom. The summed E-state index contributed by atoms with van der Waals surface area (Å²) < 4.78 is 0. The van der Waals surface area contributed by atoms with E-state index >= 15 is 0 Å². The minimum absolute atomic E-state index is 0.423. The number of nitrogens with one attached hydrogen (secondary N) is 1. The van der Waals surface area contributed by atoms with Crippen LogP contribution in [0.1, 0.15) is 24.0 Å². The quantitative estimate of drug-likeness (QED) is 0.748. The third kappa shape index (κ3) is 4.76. The zero-order valence-electron chi connectivity index (χ0n) is 15.4. The molecule has 3 nitrogen and oxygen atoms in total. The van der Waals surface area contributed by atoms with Crippen molar-refractivity contribution in [1.29, 1.82) is 0 Å². The van der Waals surface area contributed by atoms with Crippen LogP contribution >= 0.6 is 23.8 Å². The van der Waals surface area contributed by atoms with Crippen molar-refractivity contribution >= 4 is 34.6 Å². The van der Waals surface area contributed by atoms with Gasteiger partial charge in [0, 0.05) is 23.3 Å². The van der Waals surface area contributed by atoms with Crippen molar-refractivity contribution in [3.63, 3.8) is 0 Å². The topological polar surface area (TPSA) is 18.5 Å². The third-order valence-corrected chi connectivity index (χ3v) is 5.78. The fourth-order valence-electron chi connectivity index (χ4n) is 3.38. The normalized spacial score (nSPS) is 15.7. The molecule has 0 spiro atoms. The van der Waals surface area contributed by atoms with Crippen LogP contribution in [0.15, 0.2) is 48.5 Å². The fraction of sp³-hybridized carbons (Fsp3) is 0.381. The Morgan fingerprint density at radius 2 is 1.81 bits per heavy atom. The molecule has 0 unspecified atom stereocenters. The number of rotatable bonds is 4. The van der Waals surface area contributed by atoms with Gasteiger partial charge in [-0.15, -0.1) is 0 Å². The van der Waals surface area contributed by atoms with E-state index in [0.717, 1.165) is 53.9 Å². The van der Waals surface area contributed by atoms with Crippen LogP contribution in [0.2, 0.25) is 5.02 Å². The lowest BCUT2D eigenvalue weighted by Crippen LogP contribution is -2.47.